The summed E-state index contributed by atoms with van der Waals surface area (Å²) in [5.41, 5.74) is -0.702. The summed E-state index contributed by atoms with van der Waals surface area (Å²) in [6.07, 6.45) is 0.920. The summed E-state index contributed by atoms with van der Waals surface area (Å²) >= 11 is 6.18. The number of carbonyl (C=O) groups is 2. The van der Waals surface area contributed by atoms with Crippen molar-refractivity contribution in [2.75, 3.05) is 0 Å². The lowest BCUT2D eigenvalue weighted by Gasteiger charge is -2.24. The molecule has 2 aromatic rings. The number of nitrogens with one attached hydrogen (secondary N) is 1. The molecule has 32 heavy (non-hydrogen) atoms. The van der Waals surface area contributed by atoms with Crippen LogP contribution in [0.15, 0.2) is 30.3 Å². The highest BCUT2D eigenvalue weighted by atomic mass is 35.5. The Balaban J connectivity index is 1.97. The van der Waals surface area contributed by atoms with Crippen molar-refractivity contribution >= 4 is 29.2 Å². The average Bonchev–Trinajstić information content (AvgIpc) is 3.50. The van der Waals surface area contributed by atoms with Crippen LogP contribution >= 0.6 is 11.6 Å². The Kier molecular flexibility index (Phi) is 6.55. The third-order valence-electron chi connectivity index (χ3n) is 5.10. The monoisotopic (exact) mass is 462 g/mol. The Morgan fingerprint density at radius 1 is 1.25 bits per heavy atom. The van der Waals surface area contributed by atoms with E-state index in [1.165, 1.54) is 37.3 Å². The lowest BCUT2D eigenvalue weighted by molar-refractivity contribution is -0.385. The molecule has 9 heteroatoms. The van der Waals surface area contributed by atoms with E-state index < -0.39 is 34.3 Å². The molecule has 0 aromatic heterocycles. The molecule has 7 nitrogen and oxygen atoms in total. The van der Waals surface area contributed by atoms with Crippen molar-refractivity contribution in [1.29, 1.82) is 0 Å². The van der Waals surface area contributed by atoms with Crippen LogP contribution in [0.1, 0.15) is 66.7 Å². The highest BCUT2D eigenvalue weighted by Gasteiger charge is 2.37. The van der Waals surface area contributed by atoms with E-state index in [0.29, 0.717) is 0 Å². The Labute approximate surface area is 190 Å². The Bertz CT molecular complexity index is 1090. The zero-order valence-electron chi connectivity index (χ0n) is 18.2. The maximum Gasteiger partial charge on any atom is 0.408 e. The number of aryl methyl sites for hydroxylation is 1. The molecule has 0 saturated heterocycles. The lowest BCUT2D eigenvalue weighted by atomic mass is 9.94. The van der Waals surface area contributed by atoms with Gasteiger partial charge in [0.05, 0.1) is 21.6 Å². The summed E-state index contributed by atoms with van der Waals surface area (Å²) in [6, 6.07) is 6.00. The van der Waals surface area contributed by atoms with Crippen LogP contribution < -0.4 is 5.32 Å². The van der Waals surface area contributed by atoms with Crippen LogP contribution in [-0.4, -0.2) is 22.4 Å². The second kappa shape index (κ2) is 8.86. The van der Waals surface area contributed by atoms with Gasteiger partial charge < -0.3 is 10.1 Å². The number of rotatable bonds is 6. The number of amides is 1. The van der Waals surface area contributed by atoms with Gasteiger partial charge in [-0.25, -0.2) is 9.18 Å². The number of halogens is 2. The topological polar surface area (TPSA) is 98.5 Å². The first-order valence-electron chi connectivity index (χ1n) is 10.2. The minimum atomic E-state index is -0.827. The van der Waals surface area contributed by atoms with Crippen molar-refractivity contribution in [2.24, 2.45) is 5.92 Å². The Morgan fingerprint density at radius 3 is 2.44 bits per heavy atom. The molecule has 0 bridgehead atoms. The van der Waals surface area contributed by atoms with Crippen molar-refractivity contribution in [3.8, 4) is 0 Å². The molecule has 0 aliphatic heterocycles. The number of nitro benzene ring substituents is 1. The van der Waals surface area contributed by atoms with Gasteiger partial charge in [-0.3, -0.25) is 14.9 Å². The number of hydrogen-bond donors (Lipinski definition) is 1. The van der Waals surface area contributed by atoms with Crippen LogP contribution in [-0.2, 0) is 4.74 Å². The first-order valence-corrected chi connectivity index (χ1v) is 10.5. The molecule has 1 saturated carbocycles. The van der Waals surface area contributed by atoms with Crippen LogP contribution in [0.3, 0.4) is 0 Å². The van der Waals surface area contributed by atoms with E-state index in [0.717, 1.165) is 12.8 Å². The predicted octanol–water partition coefficient (Wildman–Crippen LogP) is 5.90. The number of ketones is 1. The standard InChI is InChI=1S/C23H24ClFN2O5/c1-12-11-14(7-10-17(12)27(30)31)21(28)18-16(24)9-8-15(19(18)25)20(13-5-6-13)26-22(29)32-23(2,3)4/h7-11,13,20H,5-6H2,1-4H3,(H,26,29)/t20-/m1/s1. The van der Waals surface area contributed by atoms with Gasteiger partial charge in [0.1, 0.15) is 11.4 Å². The molecule has 2 aromatic carbocycles. The molecule has 0 spiro atoms. The largest absolute Gasteiger partial charge is 0.444 e. The van der Waals surface area contributed by atoms with E-state index in [4.69, 9.17) is 16.3 Å². The van der Waals surface area contributed by atoms with Crippen LogP contribution in [0, 0.1) is 28.8 Å². The molecule has 1 aliphatic carbocycles. The van der Waals surface area contributed by atoms with Crippen LogP contribution in [0.2, 0.25) is 5.02 Å². The first-order chi connectivity index (χ1) is 14.9. The molecular formula is C23H24ClFN2O5. The molecule has 0 radical (unpaired) electrons. The molecule has 170 valence electrons. The number of nitrogens with zero attached hydrogens (tertiary/aromatic N) is 1. The molecule has 1 aliphatic rings. The van der Waals surface area contributed by atoms with Gasteiger partial charge in [0.15, 0.2) is 5.78 Å². The third-order valence-corrected chi connectivity index (χ3v) is 5.42. The van der Waals surface area contributed by atoms with Crippen molar-refractivity contribution in [2.45, 2.75) is 52.2 Å². The minimum absolute atomic E-state index is 0.0164. The third kappa shape index (κ3) is 5.24. The van der Waals surface area contributed by atoms with Gasteiger partial charge in [0.2, 0.25) is 0 Å². The van der Waals surface area contributed by atoms with E-state index in [1.54, 1.807) is 20.8 Å². The molecule has 1 fully saturated rings. The second-order valence-electron chi connectivity index (χ2n) is 8.87. The number of benzene rings is 2. The number of nitro groups is 1. The van der Waals surface area contributed by atoms with Gasteiger partial charge in [0, 0.05) is 22.8 Å². The van der Waals surface area contributed by atoms with Crippen LogP contribution in [0.4, 0.5) is 14.9 Å². The summed E-state index contributed by atoms with van der Waals surface area (Å²) < 4.78 is 20.9. The van der Waals surface area contributed by atoms with E-state index >= 15 is 4.39 Å². The fourth-order valence-corrected chi connectivity index (χ4v) is 3.71. The highest BCUT2D eigenvalue weighted by molar-refractivity contribution is 6.35. The molecule has 3 rings (SSSR count). The smallest absolute Gasteiger partial charge is 0.408 e. The van der Waals surface area contributed by atoms with E-state index in [-0.39, 0.29) is 38.9 Å². The predicted molar refractivity (Wildman–Crippen MR) is 118 cm³/mol. The Morgan fingerprint density at radius 2 is 1.91 bits per heavy atom. The lowest BCUT2D eigenvalue weighted by Crippen LogP contribution is -2.36. The average molecular weight is 463 g/mol. The summed E-state index contributed by atoms with van der Waals surface area (Å²) in [5.74, 6) is -1.51. The molecule has 1 atom stereocenters. The highest BCUT2D eigenvalue weighted by Crippen LogP contribution is 2.43. The number of ether oxygens (including phenoxy) is 1. The molecule has 1 N–H and O–H groups in total. The molecule has 0 unspecified atom stereocenters. The Hall–Kier alpha value is -3.00. The van der Waals surface area contributed by atoms with Gasteiger partial charge in [0.25, 0.3) is 5.69 Å². The zero-order chi connectivity index (χ0) is 23.8. The van der Waals surface area contributed by atoms with Gasteiger partial charge in [-0.05, 0) is 64.7 Å². The van der Waals surface area contributed by atoms with Crippen molar-refractivity contribution < 1.29 is 23.6 Å². The van der Waals surface area contributed by atoms with Crippen molar-refractivity contribution in [3.05, 3.63) is 73.5 Å². The summed E-state index contributed by atoms with van der Waals surface area (Å²) in [7, 11) is 0. The van der Waals surface area contributed by atoms with Gasteiger partial charge in [-0.15, -0.1) is 0 Å². The number of hydrogen-bond acceptors (Lipinski definition) is 5. The fourth-order valence-electron chi connectivity index (χ4n) is 3.48. The quantitative estimate of drug-likeness (QED) is 0.327. The van der Waals surface area contributed by atoms with Gasteiger partial charge in [-0.2, -0.15) is 0 Å². The molecule has 1 amide bonds. The van der Waals surface area contributed by atoms with Crippen molar-refractivity contribution in [1.82, 2.24) is 5.32 Å². The van der Waals surface area contributed by atoms with Crippen LogP contribution in [0.25, 0.3) is 0 Å². The maximum absolute atomic E-state index is 15.6. The van der Waals surface area contributed by atoms with E-state index in [1.807, 2.05) is 0 Å². The van der Waals surface area contributed by atoms with Gasteiger partial charge >= 0.3 is 6.09 Å². The van der Waals surface area contributed by atoms with Crippen molar-refractivity contribution in [3.63, 3.8) is 0 Å². The summed E-state index contributed by atoms with van der Waals surface area (Å²) in [4.78, 5) is 35.9. The van der Waals surface area contributed by atoms with E-state index in [2.05, 4.69) is 5.32 Å². The first kappa shape index (κ1) is 23.7. The second-order valence-corrected chi connectivity index (χ2v) is 9.28. The number of carbonyl (C=O) groups excluding carboxylic acids is 2. The SMILES string of the molecule is Cc1cc(C(=O)c2c(Cl)ccc([C@H](NC(=O)OC(C)(C)C)C3CC3)c2F)ccc1[N+](=O)[O-]. The van der Waals surface area contributed by atoms with Gasteiger partial charge in [-0.1, -0.05) is 17.7 Å². The summed E-state index contributed by atoms with van der Waals surface area (Å²) in [6.45, 7) is 6.68. The minimum Gasteiger partial charge on any atom is -0.444 e. The van der Waals surface area contributed by atoms with Crippen LogP contribution in [0.5, 0.6) is 0 Å². The normalized spacial score (nSPS) is 14.6. The number of alkyl carbamates (subject to hydrolysis) is 1. The molecule has 0 heterocycles. The fraction of sp³-hybridized carbons (Fsp3) is 0.391. The van der Waals surface area contributed by atoms with E-state index in [9.17, 15) is 19.7 Å². The zero-order valence-corrected chi connectivity index (χ0v) is 19.0. The maximum atomic E-state index is 15.6. The summed E-state index contributed by atoms with van der Waals surface area (Å²) in [5, 5.41) is 13.7. The molecular weight excluding hydrogens is 439 g/mol.